The fourth-order valence-electron chi connectivity index (χ4n) is 2.96. The lowest BCUT2D eigenvalue weighted by molar-refractivity contribution is 0.336. The van der Waals surface area contributed by atoms with Gasteiger partial charge in [0.05, 0.1) is 32.2 Å². The molecule has 148 valence electrons. The maximum absolute atomic E-state index is 5.59. The van der Waals surface area contributed by atoms with E-state index in [1.807, 2.05) is 25.1 Å². The summed E-state index contributed by atoms with van der Waals surface area (Å²) in [5, 5.41) is 3.46. The molecule has 0 spiro atoms. The summed E-state index contributed by atoms with van der Waals surface area (Å²) in [6.45, 7) is 8.94. The molecule has 0 bridgehead atoms. The largest absolute Gasteiger partial charge is 0.496 e. The topological polar surface area (TPSA) is 65.5 Å². The van der Waals surface area contributed by atoms with E-state index in [1.165, 1.54) is 0 Å². The molecule has 0 aliphatic rings. The minimum Gasteiger partial charge on any atom is -0.496 e. The molecule has 1 aromatic carbocycles. The molecule has 0 saturated carbocycles. The number of anilines is 1. The Morgan fingerprint density at radius 2 is 1.74 bits per heavy atom. The first-order valence-electron chi connectivity index (χ1n) is 9.64. The van der Waals surface area contributed by atoms with Crippen molar-refractivity contribution in [2.45, 2.75) is 53.0 Å². The second-order valence-electron chi connectivity index (χ2n) is 6.18. The third kappa shape index (κ3) is 4.81. The molecular formula is C21H31N3O3. The van der Waals surface area contributed by atoms with Crippen LogP contribution in [0.3, 0.4) is 0 Å². The fraction of sp³-hybridized carbons (Fsp3) is 0.524. The molecular weight excluding hydrogens is 342 g/mol. The summed E-state index contributed by atoms with van der Waals surface area (Å²) >= 11 is 0. The van der Waals surface area contributed by atoms with Crippen molar-refractivity contribution < 1.29 is 14.2 Å². The van der Waals surface area contributed by atoms with Crippen molar-refractivity contribution in [2.75, 3.05) is 26.1 Å². The van der Waals surface area contributed by atoms with Crippen LogP contribution in [-0.4, -0.2) is 36.8 Å². The van der Waals surface area contributed by atoms with Crippen LogP contribution in [0.5, 0.6) is 17.4 Å². The Kier molecular flexibility index (Phi) is 7.70. The highest BCUT2D eigenvalue weighted by Gasteiger charge is 2.19. The summed E-state index contributed by atoms with van der Waals surface area (Å²) in [5.74, 6) is 2.65. The summed E-state index contributed by atoms with van der Waals surface area (Å²) in [6, 6.07) is 6.10. The van der Waals surface area contributed by atoms with Crippen molar-refractivity contribution in [3.05, 3.63) is 23.9 Å². The molecule has 0 aliphatic heterocycles. The zero-order chi connectivity index (χ0) is 19.8. The van der Waals surface area contributed by atoms with Crippen molar-refractivity contribution >= 4 is 5.82 Å². The summed E-state index contributed by atoms with van der Waals surface area (Å²) in [7, 11) is 3.26. The number of nitrogens with one attached hydrogen (secondary N) is 1. The van der Waals surface area contributed by atoms with E-state index in [2.05, 4.69) is 26.1 Å². The number of ether oxygens (including phenoxy) is 3. The molecule has 0 radical (unpaired) electrons. The quantitative estimate of drug-likeness (QED) is 0.650. The fourth-order valence-corrected chi connectivity index (χ4v) is 2.96. The molecule has 0 saturated heterocycles. The first-order valence-corrected chi connectivity index (χ1v) is 9.64. The maximum Gasteiger partial charge on any atom is 0.257 e. The Bertz CT molecular complexity index is 746. The van der Waals surface area contributed by atoms with Gasteiger partial charge >= 0.3 is 0 Å². The van der Waals surface area contributed by atoms with Crippen LogP contribution >= 0.6 is 0 Å². The third-order valence-corrected chi connectivity index (χ3v) is 4.53. The Morgan fingerprint density at radius 1 is 1.00 bits per heavy atom. The molecule has 1 N–H and O–H groups in total. The molecule has 0 aliphatic carbocycles. The van der Waals surface area contributed by atoms with E-state index in [9.17, 15) is 0 Å². The van der Waals surface area contributed by atoms with Gasteiger partial charge in [-0.25, -0.2) is 9.97 Å². The van der Waals surface area contributed by atoms with E-state index in [0.29, 0.717) is 30.1 Å². The number of methoxy groups -OCH3 is 2. The highest BCUT2D eigenvalue weighted by atomic mass is 16.5. The SMILES string of the molecule is CCOc1ccc(-c2nc(OC)c(NC(CC)CC)nc2CC)c(OC)c1. The van der Waals surface area contributed by atoms with Gasteiger partial charge in [-0.3, -0.25) is 0 Å². The van der Waals surface area contributed by atoms with Crippen LogP contribution in [0.2, 0.25) is 0 Å². The van der Waals surface area contributed by atoms with E-state index in [1.54, 1.807) is 14.2 Å². The van der Waals surface area contributed by atoms with Gasteiger partial charge in [-0.1, -0.05) is 20.8 Å². The van der Waals surface area contributed by atoms with Crippen LogP contribution in [0.4, 0.5) is 5.82 Å². The highest BCUT2D eigenvalue weighted by molar-refractivity contribution is 5.72. The average Bonchev–Trinajstić information content (AvgIpc) is 2.71. The predicted molar refractivity (Wildman–Crippen MR) is 109 cm³/mol. The van der Waals surface area contributed by atoms with Crippen molar-refractivity contribution in [3.8, 4) is 28.6 Å². The Balaban J connectivity index is 2.54. The average molecular weight is 373 g/mol. The Morgan fingerprint density at radius 3 is 2.30 bits per heavy atom. The minimum atomic E-state index is 0.337. The molecule has 1 heterocycles. The number of rotatable bonds is 10. The van der Waals surface area contributed by atoms with Crippen LogP contribution < -0.4 is 19.5 Å². The summed E-state index contributed by atoms with van der Waals surface area (Å²) in [6.07, 6.45) is 2.77. The lowest BCUT2D eigenvalue weighted by atomic mass is 10.1. The molecule has 2 aromatic rings. The van der Waals surface area contributed by atoms with Crippen LogP contribution in [0.25, 0.3) is 11.3 Å². The molecule has 6 heteroatoms. The van der Waals surface area contributed by atoms with E-state index in [-0.39, 0.29) is 0 Å². The molecule has 6 nitrogen and oxygen atoms in total. The van der Waals surface area contributed by atoms with E-state index in [0.717, 1.165) is 42.0 Å². The third-order valence-electron chi connectivity index (χ3n) is 4.53. The molecule has 0 atom stereocenters. The molecule has 1 aromatic heterocycles. The van der Waals surface area contributed by atoms with Gasteiger partial charge in [-0.05, 0) is 38.3 Å². The van der Waals surface area contributed by atoms with E-state index >= 15 is 0 Å². The second kappa shape index (κ2) is 10.00. The Labute approximate surface area is 162 Å². The molecule has 27 heavy (non-hydrogen) atoms. The molecule has 0 unspecified atom stereocenters. The summed E-state index contributed by atoms with van der Waals surface area (Å²) in [4.78, 5) is 9.59. The minimum absolute atomic E-state index is 0.337. The van der Waals surface area contributed by atoms with Gasteiger partial charge in [-0.15, -0.1) is 0 Å². The second-order valence-corrected chi connectivity index (χ2v) is 6.18. The first kappa shape index (κ1) is 20.8. The van der Waals surface area contributed by atoms with Crippen LogP contribution in [-0.2, 0) is 6.42 Å². The number of benzene rings is 1. The summed E-state index contributed by atoms with van der Waals surface area (Å²) < 4.78 is 16.7. The molecule has 2 rings (SSSR count). The number of aryl methyl sites for hydroxylation is 1. The van der Waals surface area contributed by atoms with Gasteiger partial charge in [0.1, 0.15) is 11.5 Å². The van der Waals surface area contributed by atoms with Gasteiger partial charge in [0.25, 0.3) is 5.88 Å². The highest BCUT2D eigenvalue weighted by Crippen LogP contribution is 2.36. The number of aromatic nitrogens is 2. The predicted octanol–water partition coefficient (Wildman–Crippen LogP) is 4.72. The Hall–Kier alpha value is -2.50. The van der Waals surface area contributed by atoms with Gasteiger partial charge < -0.3 is 19.5 Å². The lowest BCUT2D eigenvalue weighted by Gasteiger charge is -2.19. The normalized spacial score (nSPS) is 10.8. The van der Waals surface area contributed by atoms with Gasteiger partial charge in [0, 0.05) is 17.7 Å². The smallest absolute Gasteiger partial charge is 0.257 e. The first-order chi connectivity index (χ1) is 13.1. The van der Waals surface area contributed by atoms with Gasteiger partial charge in [0.15, 0.2) is 5.82 Å². The summed E-state index contributed by atoms with van der Waals surface area (Å²) in [5.41, 5.74) is 2.54. The maximum atomic E-state index is 5.59. The zero-order valence-electron chi connectivity index (χ0n) is 17.3. The van der Waals surface area contributed by atoms with E-state index < -0.39 is 0 Å². The molecule has 0 fully saturated rings. The standard InChI is InChI=1S/C21H31N3O3/c1-7-14(8-2)22-20-21(26-6)24-19(17(9-3)23-20)16-12-11-15(27-10-4)13-18(16)25-5/h11-14H,7-10H2,1-6H3,(H,22,23). The van der Waals surface area contributed by atoms with Gasteiger partial charge in [0.2, 0.25) is 0 Å². The van der Waals surface area contributed by atoms with Crippen molar-refractivity contribution in [1.82, 2.24) is 9.97 Å². The monoisotopic (exact) mass is 373 g/mol. The van der Waals surface area contributed by atoms with Crippen LogP contribution in [0.1, 0.15) is 46.2 Å². The molecule has 0 amide bonds. The zero-order valence-corrected chi connectivity index (χ0v) is 17.3. The lowest BCUT2D eigenvalue weighted by Crippen LogP contribution is -2.19. The van der Waals surface area contributed by atoms with Crippen LogP contribution in [0.15, 0.2) is 18.2 Å². The number of hydrogen-bond donors (Lipinski definition) is 1. The van der Waals surface area contributed by atoms with Crippen molar-refractivity contribution in [3.63, 3.8) is 0 Å². The van der Waals surface area contributed by atoms with Crippen molar-refractivity contribution in [1.29, 1.82) is 0 Å². The van der Waals surface area contributed by atoms with E-state index in [4.69, 9.17) is 24.2 Å². The van der Waals surface area contributed by atoms with Gasteiger partial charge in [-0.2, -0.15) is 0 Å². The number of nitrogens with zero attached hydrogens (tertiary/aromatic N) is 2. The number of hydrogen-bond acceptors (Lipinski definition) is 6. The van der Waals surface area contributed by atoms with Crippen molar-refractivity contribution in [2.24, 2.45) is 0 Å². The van der Waals surface area contributed by atoms with Crippen LogP contribution in [0, 0.1) is 0 Å².